The van der Waals surface area contributed by atoms with Crippen LogP contribution >= 0.6 is 22.9 Å². The Morgan fingerprint density at radius 2 is 2.29 bits per heavy atom. The second-order valence-corrected chi connectivity index (χ2v) is 7.73. The molecule has 0 aliphatic carbocycles. The first-order valence-corrected chi connectivity index (χ1v) is 8.38. The summed E-state index contributed by atoms with van der Waals surface area (Å²) in [5.41, 5.74) is -0.411. The van der Waals surface area contributed by atoms with Gasteiger partial charge in [-0.15, -0.1) is 11.3 Å². The average molecular weight is 351 g/mol. The molecule has 0 saturated carbocycles. The molecule has 2 rings (SSSR count). The molecule has 8 nitrogen and oxygen atoms in total. The quantitative estimate of drug-likeness (QED) is 0.628. The van der Waals surface area contributed by atoms with Crippen molar-refractivity contribution in [1.29, 1.82) is 0 Å². The zero-order chi connectivity index (χ0) is 15.6. The number of imidazole rings is 1. The number of rotatable bonds is 6. The van der Waals surface area contributed by atoms with Crippen LogP contribution in [0.5, 0.6) is 0 Å². The molecular weight excluding hydrogens is 340 g/mol. The second kappa shape index (κ2) is 6.10. The molecule has 11 heteroatoms. The first-order valence-electron chi connectivity index (χ1n) is 5.71. The topological polar surface area (TPSA) is 107 Å². The molecule has 0 unspecified atom stereocenters. The van der Waals surface area contributed by atoms with Crippen LogP contribution in [0.1, 0.15) is 5.82 Å². The third-order valence-corrected chi connectivity index (χ3v) is 5.94. The maximum Gasteiger partial charge on any atom is 0.300 e. The van der Waals surface area contributed by atoms with Crippen LogP contribution in [-0.2, 0) is 23.5 Å². The van der Waals surface area contributed by atoms with Crippen molar-refractivity contribution in [2.45, 2.75) is 10.6 Å². The smallest absolute Gasteiger partial charge is 0.300 e. The standard InChI is InChI=1S/C10H11ClN4O4S2/c1-14-5-4-12-8(14)2-3-13-21(18,19)9-6-7(15(16)17)10(11)20-9/h4-6,13H,2-3H2,1H3. The maximum atomic E-state index is 12.0. The fourth-order valence-corrected chi connectivity index (χ4v) is 4.34. The highest BCUT2D eigenvalue weighted by Gasteiger charge is 2.24. The largest absolute Gasteiger partial charge is 0.338 e. The highest BCUT2D eigenvalue weighted by molar-refractivity contribution is 7.91. The number of aromatic nitrogens is 2. The summed E-state index contributed by atoms with van der Waals surface area (Å²) in [6, 6.07) is 0.954. The molecule has 0 amide bonds. The maximum absolute atomic E-state index is 12.0. The van der Waals surface area contributed by atoms with Crippen molar-refractivity contribution in [2.75, 3.05) is 6.54 Å². The average Bonchev–Trinajstić information content (AvgIpc) is 2.96. The Bertz CT molecular complexity index is 768. The minimum Gasteiger partial charge on any atom is -0.338 e. The summed E-state index contributed by atoms with van der Waals surface area (Å²) in [7, 11) is -2.01. The molecule has 114 valence electrons. The summed E-state index contributed by atoms with van der Waals surface area (Å²) in [4.78, 5) is 14.0. The Labute approximate surface area is 129 Å². The molecule has 21 heavy (non-hydrogen) atoms. The molecule has 0 atom stereocenters. The molecule has 0 spiro atoms. The SMILES string of the molecule is Cn1ccnc1CCNS(=O)(=O)c1cc([N+](=O)[O-])c(Cl)s1. The minimum absolute atomic E-state index is 0.135. The van der Waals surface area contributed by atoms with Gasteiger partial charge in [0.1, 0.15) is 10.0 Å². The van der Waals surface area contributed by atoms with Crippen molar-refractivity contribution in [3.63, 3.8) is 0 Å². The Morgan fingerprint density at radius 3 is 2.81 bits per heavy atom. The number of hydrogen-bond donors (Lipinski definition) is 1. The lowest BCUT2D eigenvalue weighted by atomic mass is 10.4. The summed E-state index contributed by atoms with van der Waals surface area (Å²) >= 11 is 6.31. The third kappa shape index (κ3) is 3.59. The van der Waals surface area contributed by atoms with E-state index < -0.39 is 20.6 Å². The number of sulfonamides is 1. The predicted octanol–water partition coefficient (Wildman–Crippen LogP) is 1.56. The van der Waals surface area contributed by atoms with Gasteiger partial charge in [-0.3, -0.25) is 10.1 Å². The van der Waals surface area contributed by atoms with Gasteiger partial charge in [-0.25, -0.2) is 18.1 Å². The van der Waals surface area contributed by atoms with Crippen LogP contribution in [0.4, 0.5) is 5.69 Å². The number of nitrogens with zero attached hydrogens (tertiary/aromatic N) is 3. The van der Waals surface area contributed by atoms with Crippen LogP contribution in [-0.4, -0.2) is 29.4 Å². The molecule has 0 radical (unpaired) electrons. The van der Waals surface area contributed by atoms with Gasteiger partial charge in [0.05, 0.1) is 4.92 Å². The van der Waals surface area contributed by atoms with Gasteiger partial charge < -0.3 is 4.57 Å². The van der Waals surface area contributed by atoms with Gasteiger partial charge in [-0.1, -0.05) is 11.6 Å². The first kappa shape index (κ1) is 15.9. The summed E-state index contributed by atoms with van der Waals surface area (Å²) in [5.74, 6) is 0.730. The molecular formula is C10H11ClN4O4S2. The molecule has 0 bridgehead atoms. The van der Waals surface area contributed by atoms with Crippen molar-refractivity contribution >= 4 is 38.6 Å². The number of halogens is 1. The third-order valence-electron chi connectivity index (χ3n) is 2.67. The van der Waals surface area contributed by atoms with Gasteiger partial charge in [0.2, 0.25) is 10.0 Å². The van der Waals surface area contributed by atoms with E-state index in [9.17, 15) is 18.5 Å². The number of thiophene rings is 1. The number of nitro groups is 1. The van der Waals surface area contributed by atoms with Crippen molar-refractivity contribution in [1.82, 2.24) is 14.3 Å². The van der Waals surface area contributed by atoms with Crippen LogP contribution in [0.25, 0.3) is 0 Å². The molecule has 0 fully saturated rings. The van der Waals surface area contributed by atoms with Crippen LogP contribution in [0.3, 0.4) is 0 Å². The fraction of sp³-hybridized carbons (Fsp3) is 0.300. The van der Waals surface area contributed by atoms with E-state index in [1.165, 1.54) is 0 Å². The number of aryl methyl sites for hydroxylation is 1. The summed E-state index contributed by atoms with van der Waals surface area (Å²) < 4.78 is 27.9. The van der Waals surface area contributed by atoms with E-state index in [0.29, 0.717) is 17.8 Å². The Balaban J connectivity index is 2.07. The summed E-state index contributed by atoms with van der Waals surface area (Å²) in [6.07, 6.45) is 3.78. The molecule has 0 saturated heterocycles. The van der Waals surface area contributed by atoms with Crippen molar-refractivity contribution in [3.8, 4) is 0 Å². The summed E-state index contributed by atoms with van der Waals surface area (Å²) in [6.45, 7) is 0.135. The normalized spacial score (nSPS) is 11.7. The van der Waals surface area contributed by atoms with Crippen molar-refractivity contribution in [3.05, 3.63) is 38.7 Å². The van der Waals surface area contributed by atoms with Crippen LogP contribution < -0.4 is 4.72 Å². The molecule has 2 aromatic heterocycles. The Kier molecular flexibility index (Phi) is 4.61. The lowest BCUT2D eigenvalue weighted by molar-refractivity contribution is -0.384. The summed E-state index contributed by atoms with van der Waals surface area (Å²) in [5, 5.41) is 10.7. The monoisotopic (exact) mass is 350 g/mol. The van der Waals surface area contributed by atoms with E-state index >= 15 is 0 Å². The van der Waals surface area contributed by atoms with Crippen molar-refractivity contribution in [2.24, 2.45) is 7.05 Å². The van der Waals surface area contributed by atoms with Gasteiger partial charge in [0, 0.05) is 38.5 Å². The molecule has 1 N–H and O–H groups in total. The van der Waals surface area contributed by atoms with Crippen LogP contribution in [0.2, 0.25) is 4.34 Å². The van der Waals surface area contributed by atoms with Gasteiger partial charge >= 0.3 is 0 Å². The molecule has 0 aliphatic heterocycles. The number of nitrogens with one attached hydrogen (secondary N) is 1. The Morgan fingerprint density at radius 1 is 1.57 bits per heavy atom. The highest BCUT2D eigenvalue weighted by Crippen LogP contribution is 2.35. The predicted molar refractivity (Wildman–Crippen MR) is 78.1 cm³/mol. The van der Waals surface area contributed by atoms with E-state index in [0.717, 1.165) is 11.9 Å². The van der Waals surface area contributed by atoms with E-state index in [-0.39, 0.29) is 15.1 Å². The lowest BCUT2D eigenvalue weighted by Crippen LogP contribution is -2.26. The van der Waals surface area contributed by atoms with E-state index in [1.54, 1.807) is 24.0 Å². The zero-order valence-electron chi connectivity index (χ0n) is 10.8. The van der Waals surface area contributed by atoms with Gasteiger partial charge in [0.25, 0.3) is 5.69 Å². The molecule has 2 heterocycles. The zero-order valence-corrected chi connectivity index (χ0v) is 13.2. The van der Waals surface area contributed by atoms with Crippen LogP contribution in [0.15, 0.2) is 22.7 Å². The van der Waals surface area contributed by atoms with Crippen molar-refractivity contribution < 1.29 is 13.3 Å². The second-order valence-electron chi connectivity index (χ2n) is 4.08. The highest BCUT2D eigenvalue weighted by atomic mass is 35.5. The first-order chi connectivity index (χ1) is 9.81. The van der Waals surface area contributed by atoms with Gasteiger partial charge in [-0.05, 0) is 0 Å². The lowest BCUT2D eigenvalue weighted by Gasteiger charge is -2.04. The van der Waals surface area contributed by atoms with E-state index in [2.05, 4.69) is 9.71 Å². The molecule has 2 aromatic rings. The Hall–Kier alpha value is -1.49. The minimum atomic E-state index is -3.82. The molecule has 0 aliphatic rings. The molecule has 0 aromatic carbocycles. The van der Waals surface area contributed by atoms with E-state index in [4.69, 9.17) is 11.6 Å². The van der Waals surface area contributed by atoms with Crippen LogP contribution in [0, 0.1) is 10.1 Å². The van der Waals surface area contributed by atoms with Gasteiger partial charge in [-0.2, -0.15) is 0 Å². The fourth-order valence-electron chi connectivity index (χ4n) is 1.60. The van der Waals surface area contributed by atoms with E-state index in [1.807, 2.05) is 0 Å². The van der Waals surface area contributed by atoms with Gasteiger partial charge in [0.15, 0.2) is 4.34 Å². The number of hydrogen-bond acceptors (Lipinski definition) is 6.